The Labute approximate surface area is 163 Å². The van der Waals surface area contributed by atoms with Crippen molar-refractivity contribution in [2.45, 2.75) is 13.5 Å². The Kier molecular flexibility index (Phi) is 4.81. The van der Waals surface area contributed by atoms with Crippen molar-refractivity contribution in [2.24, 2.45) is 0 Å². The summed E-state index contributed by atoms with van der Waals surface area (Å²) in [5, 5.41) is 2.94. The van der Waals surface area contributed by atoms with Gasteiger partial charge >= 0.3 is 0 Å². The number of aromatic nitrogens is 2. The van der Waals surface area contributed by atoms with E-state index < -0.39 is 0 Å². The van der Waals surface area contributed by atoms with Crippen molar-refractivity contribution < 1.29 is 9.53 Å². The third-order valence-corrected chi connectivity index (χ3v) is 4.65. The van der Waals surface area contributed by atoms with Crippen LogP contribution in [-0.2, 0) is 11.3 Å². The van der Waals surface area contributed by atoms with Crippen molar-refractivity contribution >= 4 is 22.6 Å². The third-order valence-electron chi connectivity index (χ3n) is 4.65. The first kappa shape index (κ1) is 17.8. The van der Waals surface area contributed by atoms with E-state index in [1.165, 1.54) is 5.56 Å². The van der Waals surface area contributed by atoms with Gasteiger partial charge in [-0.1, -0.05) is 54.1 Å². The number of para-hydroxylation sites is 4. The molecule has 0 bridgehead atoms. The molecule has 4 rings (SSSR count). The molecule has 1 heterocycles. The molecule has 3 aromatic carbocycles. The number of hydrogen-bond acceptors (Lipinski definition) is 3. The van der Waals surface area contributed by atoms with Gasteiger partial charge in [0.15, 0.2) is 0 Å². The minimum absolute atomic E-state index is 0.138. The van der Waals surface area contributed by atoms with Gasteiger partial charge in [0.2, 0.25) is 5.91 Å². The third kappa shape index (κ3) is 3.47. The number of aryl methyl sites for hydroxylation is 1. The lowest BCUT2D eigenvalue weighted by Gasteiger charge is -2.12. The Morgan fingerprint density at radius 3 is 2.50 bits per heavy atom. The van der Waals surface area contributed by atoms with Crippen LogP contribution < -0.4 is 10.1 Å². The molecule has 1 N–H and O–H groups in total. The van der Waals surface area contributed by atoms with Crippen molar-refractivity contribution in [1.82, 2.24) is 9.55 Å². The summed E-state index contributed by atoms with van der Waals surface area (Å²) in [4.78, 5) is 17.6. The van der Waals surface area contributed by atoms with Gasteiger partial charge in [-0.15, -0.1) is 0 Å². The second-order valence-electron chi connectivity index (χ2n) is 6.62. The van der Waals surface area contributed by atoms with E-state index in [1.807, 2.05) is 84.3 Å². The highest BCUT2D eigenvalue weighted by Crippen LogP contribution is 2.26. The largest absolute Gasteiger partial charge is 0.495 e. The van der Waals surface area contributed by atoms with Gasteiger partial charge in [-0.05, 0) is 31.2 Å². The van der Waals surface area contributed by atoms with Crippen LogP contribution in [0.1, 0.15) is 5.56 Å². The summed E-state index contributed by atoms with van der Waals surface area (Å²) >= 11 is 0. The summed E-state index contributed by atoms with van der Waals surface area (Å²) in [6, 6.07) is 23.4. The number of methoxy groups -OCH3 is 1. The standard InChI is InChI=1S/C23H21N3O2/c1-16-11-13-17(14-12-16)23-25-18-7-3-5-9-20(18)26(23)15-22(27)24-19-8-4-6-10-21(19)28-2/h3-14H,15H2,1-2H3,(H,24,27). The average Bonchev–Trinajstić information content (AvgIpc) is 3.07. The maximum Gasteiger partial charge on any atom is 0.244 e. The fourth-order valence-corrected chi connectivity index (χ4v) is 3.24. The van der Waals surface area contributed by atoms with Crippen LogP contribution in [0.2, 0.25) is 0 Å². The monoisotopic (exact) mass is 371 g/mol. The Balaban J connectivity index is 1.70. The molecule has 0 radical (unpaired) electrons. The van der Waals surface area contributed by atoms with E-state index in [1.54, 1.807) is 7.11 Å². The molecule has 0 spiro atoms. The van der Waals surface area contributed by atoms with E-state index in [9.17, 15) is 4.79 Å². The predicted octanol–water partition coefficient (Wildman–Crippen LogP) is 4.66. The highest BCUT2D eigenvalue weighted by atomic mass is 16.5. The minimum atomic E-state index is -0.138. The van der Waals surface area contributed by atoms with Crippen molar-refractivity contribution in [2.75, 3.05) is 12.4 Å². The Morgan fingerprint density at radius 1 is 1.00 bits per heavy atom. The molecule has 5 nitrogen and oxygen atoms in total. The smallest absolute Gasteiger partial charge is 0.244 e. The SMILES string of the molecule is COc1ccccc1NC(=O)Cn1c(-c2ccc(C)cc2)nc2ccccc21. The summed E-state index contributed by atoms with van der Waals surface area (Å²) in [5.74, 6) is 1.27. The molecule has 0 unspecified atom stereocenters. The number of carbonyl (C=O) groups excluding carboxylic acids is 1. The number of benzene rings is 3. The van der Waals surface area contributed by atoms with Crippen LogP contribution in [0.3, 0.4) is 0 Å². The van der Waals surface area contributed by atoms with Crippen molar-refractivity contribution in [1.29, 1.82) is 0 Å². The van der Waals surface area contributed by atoms with E-state index in [2.05, 4.69) is 5.32 Å². The summed E-state index contributed by atoms with van der Waals surface area (Å²) in [5.41, 5.74) is 4.60. The van der Waals surface area contributed by atoms with Crippen LogP contribution in [0.15, 0.2) is 72.8 Å². The van der Waals surface area contributed by atoms with E-state index in [-0.39, 0.29) is 12.5 Å². The van der Waals surface area contributed by atoms with Crippen molar-refractivity contribution in [3.63, 3.8) is 0 Å². The number of carbonyl (C=O) groups is 1. The maximum atomic E-state index is 12.8. The molecule has 0 aliphatic rings. The second kappa shape index (κ2) is 7.56. The van der Waals surface area contributed by atoms with E-state index in [4.69, 9.17) is 9.72 Å². The number of imidazole rings is 1. The fraction of sp³-hybridized carbons (Fsp3) is 0.130. The van der Waals surface area contributed by atoms with Crippen LogP contribution in [0.25, 0.3) is 22.4 Å². The average molecular weight is 371 g/mol. The first-order valence-corrected chi connectivity index (χ1v) is 9.11. The maximum absolute atomic E-state index is 12.8. The molecule has 1 amide bonds. The van der Waals surface area contributed by atoms with Crippen LogP contribution in [0.5, 0.6) is 5.75 Å². The van der Waals surface area contributed by atoms with Gasteiger partial charge in [0.05, 0.1) is 23.8 Å². The molecule has 0 aliphatic carbocycles. The summed E-state index contributed by atoms with van der Waals surface area (Å²) in [7, 11) is 1.59. The molecular weight excluding hydrogens is 350 g/mol. The van der Waals surface area contributed by atoms with Crippen molar-refractivity contribution in [3.05, 3.63) is 78.4 Å². The number of nitrogens with zero attached hydrogens (tertiary/aromatic N) is 2. The lowest BCUT2D eigenvalue weighted by molar-refractivity contribution is -0.116. The van der Waals surface area contributed by atoms with Gasteiger partial charge in [0, 0.05) is 5.56 Å². The number of amides is 1. The zero-order valence-electron chi connectivity index (χ0n) is 15.8. The first-order valence-electron chi connectivity index (χ1n) is 9.11. The van der Waals surface area contributed by atoms with Gasteiger partial charge in [-0.2, -0.15) is 0 Å². The molecule has 28 heavy (non-hydrogen) atoms. The zero-order chi connectivity index (χ0) is 19.5. The highest BCUT2D eigenvalue weighted by Gasteiger charge is 2.16. The van der Waals surface area contributed by atoms with Gasteiger partial charge in [-0.3, -0.25) is 4.79 Å². The minimum Gasteiger partial charge on any atom is -0.495 e. The fourth-order valence-electron chi connectivity index (χ4n) is 3.24. The lowest BCUT2D eigenvalue weighted by atomic mass is 10.1. The van der Waals surface area contributed by atoms with E-state index in [0.29, 0.717) is 11.4 Å². The van der Waals surface area contributed by atoms with E-state index in [0.717, 1.165) is 22.4 Å². The second-order valence-corrected chi connectivity index (χ2v) is 6.62. The van der Waals surface area contributed by atoms with Crippen LogP contribution in [-0.4, -0.2) is 22.6 Å². The number of anilines is 1. The quantitative estimate of drug-likeness (QED) is 0.555. The van der Waals surface area contributed by atoms with Crippen LogP contribution in [0, 0.1) is 6.92 Å². The number of fused-ring (bicyclic) bond motifs is 1. The van der Waals surface area contributed by atoms with Gasteiger partial charge < -0.3 is 14.6 Å². The molecule has 0 aliphatic heterocycles. The van der Waals surface area contributed by atoms with Crippen LogP contribution >= 0.6 is 0 Å². The number of ether oxygens (including phenoxy) is 1. The molecule has 140 valence electrons. The highest BCUT2D eigenvalue weighted by molar-refractivity contribution is 5.93. The summed E-state index contributed by atoms with van der Waals surface area (Å²) in [6.45, 7) is 2.20. The van der Waals surface area contributed by atoms with E-state index >= 15 is 0 Å². The summed E-state index contributed by atoms with van der Waals surface area (Å²) < 4.78 is 7.27. The Hall–Kier alpha value is -3.60. The normalized spacial score (nSPS) is 10.8. The number of rotatable bonds is 5. The Morgan fingerprint density at radius 2 is 1.71 bits per heavy atom. The van der Waals surface area contributed by atoms with Gasteiger partial charge in [0.25, 0.3) is 0 Å². The molecular formula is C23H21N3O2. The number of hydrogen-bond donors (Lipinski definition) is 1. The molecule has 1 aromatic heterocycles. The predicted molar refractivity (Wildman–Crippen MR) is 112 cm³/mol. The topological polar surface area (TPSA) is 56.1 Å². The molecule has 5 heteroatoms. The van der Waals surface area contributed by atoms with Crippen LogP contribution in [0.4, 0.5) is 5.69 Å². The van der Waals surface area contributed by atoms with Crippen molar-refractivity contribution in [3.8, 4) is 17.1 Å². The van der Waals surface area contributed by atoms with Gasteiger partial charge in [-0.25, -0.2) is 4.98 Å². The molecule has 4 aromatic rings. The number of nitrogens with one attached hydrogen (secondary N) is 1. The van der Waals surface area contributed by atoms with Gasteiger partial charge in [0.1, 0.15) is 18.1 Å². The molecule has 0 atom stereocenters. The molecule has 0 saturated carbocycles. The first-order chi connectivity index (χ1) is 13.7. The molecule has 0 saturated heterocycles. The molecule has 0 fully saturated rings. The summed E-state index contributed by atoms with van der Waals surface area (Å²) in [6.07, 6.45) is 0. The Bertz CT molecular complexity index is 1130. The lowest BCUT2D eigenvalue weighted by Crippen LogP contribution is -2.19. The zero-order valence-corrected chi connectivity index (χ0v) is 15.8.